The van der Waals surface area contributed by atoms with Crippen LogP contribution >= 0.6 is 15.9 Å². The SMILES string of the molecule is CC(C)(C)OC(=O)Nc1cccc(C(F)(F)F)c1Br. The minimum Gasteiger partial charge on any atom is -0.444 e. The first-order chi connectivity index (χ1) is 8.50. The van der Waals surface area contributed by atoms with Gasteiger partial charge in [0.25, 0.3) is 0 Å². The van der Waals surface area contributed by atoms with Crippen LogP contribution in [0.3, 0.4) is 0 Å². The summed E-state index contributed by atoms with van der Waals surface area (Å²) in [5.74, 6) is 0. The first-order valence-corrected chi connectivity index (χ1v) is 6.16. The van der Waals surface area contributed by atoms with Gasteiger partial charge in [0.2, 0.25) is 0 Å². The van der Waals surface area contributed by atoms with Crippen molar-refractivity contribution in [2.45, 2.75) is 32.5 Å². The van der Waals surface area contributed by atoms with Gasteiger partial charge in [-0.15, -0.1) is 0 Å². The van der Waals surface area contributed by atoms with Crippen molar-refractivity contribution >= 4 is 27.7 Å². The minimum absolute atomic E-state index is 0.00377. The average Bonchev–Trinajstić information content (AvgIpc) is 2.16. The summed E-state index contributed by atoms with van der Waals surface area (Å²) in [6.45, 7) is 4.98. The van der Waals surface area contributed by atoms with E-state index in [0.29, 0.717) is 0 Å². The molecule has 0 bridgehead atoms. The molecule has 0 heterocycles. The molecule has 1 N–H and O–H groups in total. The number of rotatable bonds is 1. The van der Waals surface area contributed by atoms with Crippen molar-refractivity contribution in [3.05, 3.63) is 28.2 Å². The molecule has 1 amide bonds. The van der Waals surface area contributed by atoms with E-state index >= 15 is 0 Å². The Morgan fingerprint density at radius 3 is 2.32 bits per heavy atom. The first kappa shape index (κ1) is 15.8. The van der Waals surface area contributed by atoms with Crippen LogP contribution in [-0.2, 0) is 10.9 Å². The summed E-state index contributed by atoms with van der Waals surface area (Å²) in [5, 5.41) is 2.27. The quantitative estimate of drug-likeness (QED) is 0.796. The third kappa shape index (κ3) is 4.74. The maximum absolute atomic E-state index is 12.7. The summed E-state index contributed by atoms with van der Waals surface area (Å²) >= 11 is 2.83. The fourth-order valence-corrected chi connectivity index (χ4v) is 1.85. The van der Waals surface area contributed by atoms with Gasteiger partial charge in [-0.3, -0.25) is 5.32 Å². The largest absolute Gasteiger partial charge is 0.444 e. The Kier molecular flexibility index (Phi) is 4.50. The van der Waals surface area contributed by atoms with E-state index in [0.717, 1.165) is 6.07 Å². The summed E-state index contributed by atoms with van der Waals surface area (Å²) in [6.07, 6.45) is -5.31. The second-order valence-electron chi connectivity index (χ2n) is 4.79. The van der Waals surface area contributed by atoms with Crippen LogP contribution < -0.4 is 5.32 Å². The van der Waals surface area contributed by atoms with Gasteiger partial charge in [-0.05, 0) is 48.8 Å². The van der Waals surface area contributed by atoms with Crippen LogP contribution in [0.5, 0.6) is 0 Å². The molecule has 0 unspecified atom stereocenters. The van der Waals surface area contributed by atoms with Gasteiger partial charge < -0.3 is 4.74 Å². The van der Waals surface area contributed by atoms with Gasteiger partial charge in [-0.2, -0.15) is 13.2 Å². The number of carbonyl (C=O) groups excluding carboxylic acids is 1. The predicted molar refractivity (Wildman–Crippen MR) is 69.0 cm³/mol. The topological polar surface area (TPSA) is 38.3 Å². The van der Waals surface area contributed by atoms with E-state index in [1.165, 1.54) is 12.1 Å². The van der Waals surface area contributed by atoms with Crippen molar-refractivity contribution < 1.29 is 22.7 Å². The number of ether oxygens (including phenoxy) is 1. The Bertz CT molecular complexity index is 481. The van der Waals surface area contributed by atoms with E-state index in [1.807, 2.05) is 0 Å². The molecule has 19 heavy (non-hydrogen) atoms. The zero-order valence-electron chi connectivity index (χ0n) is 10.6. The summed E-state index contributed by atoms with van der Waals surface area (Å²) in [7, 11) is 0. The Morgan fingerprint density at radius 2 is 1.84 bits per heavy atom. The predicted octanol–water partition coefficient (Wildman–Crippen LogP) is 4.81. The standard InChI is InChI=1S/C12H13BrF3NO2/c1-11(2,3)19-10(18)17-8-6-4-5-7(9(8)13)12(14,15)16/h4-6H,1-3H3,(H,17,18). The van der Waals surface area contributed by atoms with Crippen molar-refractivity contribution in [1.29, 1.82) is 0 Å². The molecule has 106 valence electrons. The Labute approximate surface area is 117 Å². The van der Waals surface area contributed by atoms with E-state index in [4.69, 9.17) is 4.74 Å². The number of halogens is 4. The molecular weight excluding hydrogens is 327 g/mol. The highest BCUT2D eigenvalue weighted by Crippen LogP contribution is 2.38. The van der Waals surface area contributed by atoms with Gasteiger partial charge in [0.05, 0.1) is 15.7 Å². The molecule has 0 spiro atoms. The molecule has 1 rings (SSSR count). The van der Waals surface area contributed by atoms with Gasteiger partial charge in [0, 0.05) is 0 Å². The molecule has 0 saturated heterocycles. The zero-order chi connectivity index (χ0) is 14.8. The molecule has 0 saturated carbocycles. The van der Waals surface area contributed by atoms with Crippen LogP contribution in [0.15, 0.2) is 22.7 Å². The second kappa shape index (κ2) is 5.40. The van der Waals surface area contributed by atoms with Crippen molar-refractivity contribution in [2.75, 3.05) is 5.32 Å². The van der Waals surface area contributed by atoms with Gasteiger partial charge in [0.15, 0.2) is 0 Å². The zero-order valence-corrected chi connectivity index (χ0v) is 12.1. The number of anilines is 1. The fraction of sp³-hybridized carbons (Fsp3) is 0.417. The number of hydrogen-bond acceptors (Lipinski definition) is 2. The maximum Gasteiger partial charge on any atom is 0.417 e. The summed E-state index contributed by atoms with van der Waals surface area (Å²) < 4.78 is 42.7. The second-order valence-corrected chi connectivity index (χ2v) is 5.58. The van der Waals surface area contributed by atoms with Crippen LogP contribution in [-0.4, -0.2) is 11.7 Å². The molecule has 0 aromatic heterocycles. The van der Waals surface area contributed by atoms with Gasteiger partial charge in [-0.25, -0.2) is 4.79 Å². The van der Waals surface area contributed by atoms with E-state index in [9.17, 15) is 18.0 Å². The highest BCUT2D eigenvalue weighted by atomic mass is 79.9. The van der Waals surface area contributed by atoms with Crippen LogP contribution in [0.4, 0.5) is 23.7 Å². The normalized spacial score (nSPS) is 12.2. The van der Waals surface area contributed by atoms with Gasteiger partial charge in [-0.1, -0.05) is 6.07 Å². The minimum atomic E-state index is -4.50. The van der Waals surface area contributed by atoms with E-state index in [2.05, 4.69) is 21.2 Å². The summed E-state index contributed by atoms with van der Waals surface area (Å²) in [5.41, 5.74) is -1.58. The number of nitrogens with one attached hydrogen (secondary N) is 1. The smallest absolute Gasteiger partial charge is 0.417 e. The number of alkyl halides is 3. The molecule has 7 heteroatoms. The monoisotopic (exact) mass is 339 g/mol. The van der Waals surface area contributed by atoms with Crippen molar-refractivity contribution in [1.82, 2.24) is 0 Å². The van der Waals surface area contributed by atoms with E-state index in [1.54, 1.807) is 20.8 Å². The molecule has 1 aromatic carbocycles. The third-order valence-corrected chi connectivity index (χ3v) is 2.79. The lowest BCUT2D eigenvalue weighted by atomic mass is 10.2. The number of amides is 1. The van der Waals surface area contributed by atoms with E-state index in [-0.39, 0.29) is 10.2 Å². The lowest BCUT2D eigenvalue weighted by Crippen LogP contribution is -2.27. The fourth-order valence-electron chi connectivity index (χ4n) is 1.26. The summed E-state index contributed by atoms with van der Waals surface area (Å²) in [6, 6.07) is 3.48. The Balaban J connectivity index is 2.95. The van der Waals surface area contributed by atoms with Crippen molar-refractivity contribution in [2.24, 2.45) is 0 Å². The first-order valence-electron chi connectivity index (χ1n) is 5.36. The highest BCUT2D eigenvalue weighted by molar-refractivity contribution is 9.10. The third-order valence-electron chi connectivity index (χ3n) is 1.94. The van der Waals surface area contributed by atoms with E-state index < -0.39 is 23.4 Å². The molecule has 0 aliphatic heterocycles. The highest BCUT2D eigenvalue weighted by Gasteiger charge is 2.34. The molecular formula is C12H13BrF3NO2. The average molecular weight is 340 g/mol. The Hall–Kier alpha value is -1.24. The lowest BCUT2D eigenvalue weighted by Gasteiger charge is -2.20. The van der Waals surface area contributed by atoms with Crippen LogP contribution in [0.1, 0.15) is 26.3 Å². The van der Waals surface area contributed by atoms with Gasteiger partial charge in [0.1, 0.15) is 5.60 Å². The summed E-state index contributed by atoms with van der Waals surface area (Å²) in [4.78, 5) is 11.5. The van der Waals surface area contributed by atoms with Crippen LogP contribution in [0.2, 0.25) is 0 Å². The Morgan fingerprint density at radius 1 is 1.26 bits per heavy atom. The molecule has 1 aromatic rings. The molecule has 0 atom stereocenters. The van der Waals surface area contributed by atoms with Crippen molar-refractivity contribution in [3.63, 3.8) is 0 Å². The lowest BCUT2D eigenvalue weighted by molar-refractivity contribution is -0.138. The molecule has 3 nitrogen and oxygen atoms in total. The molecule has 0 aliphatic carbocycles. The number of carbonyl (C=O) groups is 1. The maximum atomic E-state index is 12.7. The van der Waals surface area contributed by atoms with Crippen LogP contribution in [0.25, 0.3) is 0 Å². The molecule has 0 radical (unpaired) electrons. The number of hydrogen-bond donors (Lipinski definition) is 1. The number of benzene rings is 1. The van der Waals surface area contributed by atoms with Crippen molar-refractivity contribution in [3.8, 4) is 0 Å². The van der Waals surface area contributed by atoms with Crippen LogP contribution in [0, 0.1) is 0 Å². The molecule has 0 fully saturated rings. The molecule has 0 aliphatic rings. The van der Waals surface area contributed by atoms with Gasteiger partial charge >= 0.3 is 12.3 Å².